The van der Waals surface area contributed by atoms with Gasteiger partial charge in [-0.25, -0.2) is 0 Å². The highest BCUT2D eigenvalue weighted by molar-refractivity contribution is 6.65. The Kier molecular flexibility index (Phi) is 3.83. The third-order valence-corrected chi connectivity index (χ3v) is 2.23. The van der Waals surface area contributed by atoms with E-state index in [1.54, 1.807) is 0 Å². The average Bonchev–Trinajstić information content (AvgIpc) is 2.27. The van der Waals surface area contributed by atoms with Gasteiger partial charge < -0.3 is 9.84 Å². The summed E-state index contributed by atoms with van der Waals surface area (Å²) in [5.41, 5.74) is -0.386. The van der Waals surface area contributed by atoms with Gasteiger partial charge in [-0.2, -0.15) is 8.78 Å². The maximum absolute atomic E-state index is 13.3. The van der Waals surface area contributed by atoms with E-state index in [4.69, 9.17) is 21.4 Å². The normalized spacial score (nSPS) is 11.3. The molecule has 0 aromatic heterocycles. The quantitative estimate of drug-likeness (QED) is 0.832. The van der Waals surface area contributed by atoms with Crippen LogP contribution in [0.15, 0.2) is 18.2 Å². The van der Waals surface area contributed by atoms with Crippen LogP contribution >= 0.6 is 11.6 Å². The molecule has 1 aromatic carbocycles. The summed E-state index contributed by atoms with van der Waals surface area (Å²) in [5, 5.41) is 7.09. The van der Waals surface area contributed by atoms with Gasteiger partial charge in [0.15, 0.2) is 0 Å². The highest BCUT2D eigenvalue weighted by Gasteiger charge is 2.40. The Balaban J connectivity index is 3.27. The first-order chi connectivity index (χ1) is 7.41. The van der Waals surface area contributed by atoms with Crippen molar-refractivity contribution >= 4 is 16.8 Å². The Morgan fingerprint density at radius 2 is 2.12 bits per heavy atom. The lowest BCUT2D eigenvalue weighted by molar-refractivity contribution is -0.135. The van der Waals surface area contributed by atoms with Crippen LogP contribution in [0.5, 0.6) is 5.75 Å². The maximum Gasteiger partial charge on any atom is 0.345 e. The molecule has 0 fully saturated rings. The molecule has 1 aromatic rings. The third-order valence-electron chi connectivity index (χ3n) is 1.99. The fraction of sp³-hybridized carbons (Fsp3) is 0.300. The second kappa shape index (κ2) is 4.76. The standard InChI is InChI=1S/C10H9ClF2O3/c1-16-8-3-6(5-14)2-7(4-8)10(12,13)9(11)15/h2-4,14H,5H2,1H3. The number of carbonyl (C=O) groups excluding carboxylic acids is 1. The summed E-state index contributed by atoms with van der Waals surface area (Å²) >= 11 is 4.80. The van der Waals surface area contributed by atoms with Crippen LogP contribution in [0, 0.1) is 0 Å². The SMILES string of the molecule is COc1cc(CO)cc(C(F)(F)C(=O)Cl)c1. The second-order valence-electron chi connectivity index (χ2n) is 3.08. The molecule has 0 aliphatic heterocycles. The summed E-state index contributed by atoms with van der Waals surface area (Å²) in [7, 11) is 1.29. The van der Waals surface area contributed by atoms with E-state index in [9.17, 15) is 13.6 Å². The lowest BCUT2D eigenvalue weighted by Gasteiger charge is -2.14. The van der Waals surface area contributed by atoms with E-state index >= 15 is 0 Å². The zero-order valence-corrected chi connectivity index (χ0v) is 9.09. The summed E-state index contributed by atoms with van der Waals surface area (Å²) in [4.78, 5) is 10.6. The molecule has 0 bridgehead atoms. The zero-order chi connectivity index (χ0) is 12.3. The largest absolute Gasteiger partial charge is 0.497 e. The van der Waals surface area contributed by atoms with Gasteiger partial charge in [0.1, 0.15) is 5.75 Å². The Hall–Kier alpha value is -1.20. The van der Waals surface area contributed by atoms with E-state index in [-0.39, 0.29) is 11.3 Å². The first kappa shape index (κ1) is 12.9. The maximum atomic E-state index is 13.3. The van der Waals surface area contributed by atoms with Crippen LogP contribution < -0.4 is 4.74 Å². The molecule has 6 heteroatoms. The van der Waals surface area contributed by atoms with Crippen molar-refractivity contribution in [2.75, 3.05) is 7.11 Å². The minimum absolute atomic E-state index is 0.124. The van der Waals surface area contributed by atoms with Gasteiger partial charge in [-0.15, -0.1) is 0 Å². The van der Waals surface area contributed by atoms with Crippen molar-refractivity contribution in [1.82, 2.24) is 0 Å². The number of carbonyl (C=O) groups is 1. The van der Waals surface area contributed by atoms with E-state index in [1.807, 2.05) is 0 Å². The van der Waals surface area contributed by atoms with Crippen molar-refractivity contribution < 1.29 is 23.4 Å². The number of alkyl halides is 2. The van der Waals surface area contributed by atoms with Crippen LogP contribution in [0.1, 0.15) is 11.1 Å². The third kappa shape index (κ3) is 2.48. The monoisotopic (exact) mass is 250 g/mol. The molecule has 0 spiro atoms. The summed E-state index contributed by atoms with van der Waals surface area (Å²) in [5.74, 6) is -3.67. The summed E-state index contributed by atoms with van der Waals surface area (Å²) in [6.07, 6.45) is 0. The molecule has 0 saturated carbocycles. The Morgan fingerprint density at radius 3 is 2.56 bits per heavy atom. The van der Waals surface area contributed by atoms with Crippen LogP contribution in [0.3, 0.4) is 0 Å². The molecule has 0 heterocycles. The molecule has 0 radical (unpaired) electrons. The number of ether oxygens (including phenoxy) is 1. The van der Waals surface area contributed by atoms with Gasteiger partial charge >= 0.3 is 5.92 Å². The molecule has 1 rings (SSSR count). The number of hydrogen-bond acceptors (Lipinski definition) is 3. The molecule has 88 valence electrons. The van der Waals surface area contributed by atoms with E-state index in [0.29, 0.717) is 0 Å². The van der Waals surface area contributed by atoms with Gasteiger partial charge in [0.2, 0.25) is 0 Å². The van der Waals surface area contributed by atoms with Gasteiger partial charge in [0.25, 0.3) is 5.24 Å². The number of rotatable bonds is 4. The van der Waals surface area contributed by atoms with Crippen LogP contribution in [-0.2, 0) is 17.3 Å². The molecule has 0 aliphatic carbocycles. The molecule has 0 amide bonds. The summed E-state index contributed by atoms with van der Waals surface area (Å²) in [6, 6.07) is 3.39. The molecule has 1 N–H and O–H groups in total. The van der Waals surface area contributed by atoms with Crippen LogP contribution in [0.25, 0.3) is 0 Å². The molecule has 3 nitrogen and oxygen atoms in total. The molecule has 0 unspecified atom stereocenters. The Bertz CT molecular complexity index is 385. The van der Waals surface area contributed by atoms with E-state index in [2.05, 4.69) is 0 Å². The topological polar surface area (TPSA) is 46.5 Å². The van der Waals surface area contributed by atoms with Crippen molar-refractivity contribution in [3.8, 4) is 5.75 Å². The average molecular weight is 251 g/mol. The predicted octanol–water partition coefficient (Wildman–Crippen LogP) is 2.04. The predicted molar refractivity (Wildman–Crippen MR) is 53.7 cm³/mol. The van der Waals surface area contributed by atoms with Crippen molar-refractivity contribution in [1.29, 1.82) is 0 Å². The van der Waals surface area contributed by atoms with Gasteiger partial charge in [-0.3, -0.25) is 4.79 Å². The highest BCUT2D eigenvalue weighted by Crippen LogP contribution is 2.33. The number of methoxy groups -OCH3 is 1. The van der Waals surface area contributed by atoms with E-state index < -0.39 is 23.3 Å². The minimum atomic E-state index is -3.79. The van der Waals surface area contributed by atoms with Crippen molar-refractivity contribution in [2.24, 2.45) is 0 Å². The van der Waals surface area contributed by atoms with Crippen molar-refractivity contribution in [3.63, 3.8) is 0 Å². The highest BCUT2D eigenvalue weighted by atomic mass is 35.5. The smallest absolute Gasteiger partial charge is 0.345 e. The van der Waals surface area contributed by atoms with Crippen LogP contribution in [-0.4, -0.2) is 17.5 Å². The van der Waals surface area contributed by atoms with Crippen molar-refractivity contribution in [2.45, 2.75) is 12.5 Å². The fourth-order valence-electron chi connectivity index (χ4n) is 1.16. The van der Waals surface area contributed by atoms with Gasteiger partial charge in [0, 0.05) is 5.56 Å². The van der Waals surface area contributed by atoms with E-state index in [1.165, 1.54) is 13.2 Å². The van der Waals surface area contributed by atoms with Crippen LogP contribution in [0.4, 0.5) is 8.78 Å². The van der Waals surface area contributed by atoms with E-state index in [0.717, 1.165) is 12.1 Å². The molecule has 0 saturated heterocycles. The molecular formula is C10H9ClF2O3. The first-order valence-electron chi connectivity index (χ1n) is 4.29. The van der Waals surface area contributed by atoms with Crippen LogP contribution in [0.2, 0.25) is 0 Å². The summed E-state index contributed by atoms with van der Waals surface area (Å²) < 4.78 is 31.4. The number of benzene rings is 1. The van der Waals surface area contributed by atoms with Crippen molar-refractivity contribution in [3.05, 3.63) is 29.3 Å². The number of hydrogen-bond donors (Lipinski definition) is 1. The molecule has 16 heavy (non-hydrogen) atoms. The van der Waals surface area contributed by atoms with Gasteiger partial charge in [-0.05, 0) is 35.4 Å². The van der Waals surface area contributed by atoms with Gasteiger partial charge in [-0.1, -0.05) is 0 Å². The number of aliphatic hydroxyl groups excluding tert-OH is 1. The Labute approximate surface area is 95.6 Å². The summed E-state index contributed by atoms with van der Waals surface area (Å²) in [6.45, 7) is -0.434. The number of aliphatic hydroxyl groups is 1. The first-order valence-corrected chi connectivity index (χ1v) is 4.66. The Morgan fingerprint density at radius 1 is 1.50 bits per heavy atom. The van der Waals surface area contributed by atoms with Gasteiger partial charge in [0.05, 0.1) is 13.7 Å². The fourth-order valence-corrected chi connectivity index (χ4v) is 1.27. The molecule has 0 atom stereocenters. The second-order valence-corrected chi connectivity index (χ2v) is 3.42. The molecule has 0 aliphatic rings. The lowest BCUT2D eigenvalue weighted by Crippen LogP contribution is -2.21. The zero-order valence-electron chi connectivity index (χ0n) is 8.34. The number of halogens is 3. The minimum Gasteiger partial charge on any atom is -0.497 e. The molecular weight excluding hydrogens is 242 g/mol. The lowest BCUT2D eigenvalue weighted by atomic mass is 10.1.